The Morgan fingerprint density at radius 2 is 2.24 bits per heavy atom. The summed E-state index contributed by atoms with van der Waals surface area (Å²) in [4.78, 5) is 25.8. The van der Waals surface area contributed by atoms with Gasteiger partial charge in [0.1, 0.15) is 6.04 Å². The summed E-state index contributed by atoms with van der Waals surface area (Å²) in [6.45, 7) is 5.31. The Morgan fingerprint density at radius 1 is 1.48 bits per heavy atom. The Balaban J connectivity index is 2.33. The van der Waals surface area contributed by atoms with Crippen LogP contribution in [0.25, 0.3) is 0 Å². The van der Waals surface area contributed by atoms with E-state index in [0.29, 0.717) is 37.4 Å². The topological polar surface area (TPSA) is 84.7 Å². The van der Waals surface area contributed by atoms with Crippen LogP contribution in [0.5, 0.6) is 0 Å². The van der Waals surface area contributed by atoms with Crippen molar-refractivity contribution in [2.45, 2.75) is 26.3 Å². The highest BCUT2D eigenvalue weighted by Gasteiger charge is 2.28. The fourth-order valence-corrected chi connectivity index (χ4v) is 2.54. The molecule has 1 heterocycles. The highest BCUT2D eigenvalue weighted by atomic mass is 16.5. The molecule has 2 rings (SSSR count). The lowest BCUT2D eigenvalue weighted by Crippen LogP contribution is -2.55. The number of piperazine rings is 1. The van der Waals surface area contributed by atoms with Crippen LogP contribution < -0.4 is 16.0 Å². The third kappa shape index (κ3) is 3.09. The predicted molar refractivity (Wildman–Crippen MR) is 81.2 cm³/mol. The van der Waals surface area contributed by atoms with Gasteiger partial charge in [-0.1, -0.05) is 6.92 Å². The van der Waals surface area contributed by atoms with Gasteiger partial charge < -0.3 is 20.7 Å². The van der Waals surface area contributed by atoms with Crippen molar-refractivity contribution in [3.63, 3.8) is 0 Å². The summed E-state index contributed by atoms with van der Waals surface area (Å²) in [7, 11) is 0. The zero-order valence-corrected chi connectivity index (χ0v) is 12.4. The number of esters is 1. The van der Waals surface area contributed by atoms with Crippen LogP contribution in [0, 0.1) is 0 Å². The standard InChI is InChI=1S/C15H21N3O3/c1-3-13-14(19)17-7-8-18(13)10-5-6-12(16)11(9-10)15(20)21-4-2/h5-6,9,13H,3-4,7-8,16H2,1-2H3,(H,17,19). The molecule has 1 aromatic rings. The van der Waals surface area contributed by atoms with Crippen molar-refractivity contribution >= 4 is 23.3 Å². The molecule has 1 aromatic carbocycles. The third-order valence-electron chi connectivity index (χ3n) is 3.58. The number of nitrogen functional groups attached to an aromatic ring is 1. The lowest BCUT2D eigenvalue weighted by molar-refractivity contribution is -0.123. The minimum absolute atomic E-state index is 0.0123. The van der Waals surface area contributed by atoms with E-state index in [9.17, 15) is 9.59 Å². The summed E-state index contributed by atoms with van der Waals surface area (Å²) in [5.41, 5.74) is 7.38. The molecule has 1 unspecified atom stereocenters. The maximum absolute atomic E-state index is 11.9. The highest BCUT2D eigenvalue weighted by molar-refractivity contribution is 5.96. The Morgan fingerprint density at radius 3 is 2.90 bits per heavy atom. The molecule has 0 spiro atoms. The van der Waals surface area contributed by atoms with Gasteiger partial charge in [0.15, 0.2) is 0 Å². The molecule has 1 atom stereocenters. The van der Waals surface area contributed by atoms with E-state index in [1.54, 1.807) is 19.1 Å². The number of hydrogen-bond donors (Lipinski definition) is 2. The zero-order valence-electron chi connectivity index (χ0n) is 12.4. The summed E-state index contributed by atoms with van der Waals surface area (Å²) < 4.78 is 5.01. The van der Waals surface area contributed by atoms with Gasteiger partial charge in [-0.15, -0.1) is 0 Å². The summed E-state index contributed by atoms with van der Waals surface area (Å²) in [6, 6.07) is 4.99. The lowest BCUT2D eigenvalue weighted by atomic mass is 10.1. The minimum Gasteiger partial charge on any atom is -0.462 e. The second kappa shape index (κ2) is 6.47. The van der Waals surface area contributed by atoms with Crippen LogP contribution in [0.1, 0.15) is 30.6 Å². The van der Waals surface area contributed by atoms with Gasteiger partial charge in [0.2, 0.25) is 5.91 Å². The van der Waals surface area contributed by atoms with Crippen molar-refractivity contribution in [2.75, 3.05) is 30.3 Å². The molecule has 6 heteroatoms. The molecular weight excluding hydrogens is 270 g/mol. The Bertz CT molecular complexity index is 545. The van der Waals surface area contributed by atoms with Crippen LogP contribution in [-0.4, -0.2) is 37.6 Å². The monoisotopic (exact) mass is 291 g/mol. The van der Waals surface area contributed by atoms with Gasteiger partial charge in [-0.2, -0.15) is 0 Å². The maximum Gasteiger partial charge on any atom is 0.340 e. The number of rotatable bonds is 4. The summed E-state index contributed by atoms with van der Waals surface area (Å²) in [6.07, 6.45) is 0.699. The molecular formula is C15H21N3O3. The first kappa shape index (κ1) is 15.2. The summed E-state index contributed by atoms with van der Waals surface area (Å²) in [5.74, 6) is -0.426. The molecule has 0 saturated carbocycles. The zero-order chi connectivity index (χ0) is 15.4. The Hall–Kier alpha value is -2.24. The van der Waals surface area contributed by atoms with E-state index < -0.39 is 5.97 Å². The van der Waals surface area contributed by atoms with Crippen LogP contribution in [-0.2, 0) is 9.53 Å². The fraction of sp³-hybridized carbons (Fsp3) is 0.467. The number of benzene rings is 1. The minimum atomic E-state index is -0.439. The van der Waals surface area contributed by atoms with Gasteiger partial charge >= 0.3 is 5.97 Å². The normalized spacial score (nSPS) is 18.3. The summed E-state index contributed by atoms with van der Waals surface area (Å²) in [5, 5.41) is 2.85. The van der Waals surface area contributed by atoms with Crippen LogP contribution >= 0.6 is 0 Å². The molecule has 1 fully saturated rings. The smallest absolute Gasteiger partial charge is 0.340 e. The molecule has 1 saturated heterocycles. The van der Waals surface area contributed by atoms with Crippen molar-refractivity contribution in [2.24, 2.45) is 0 Å². The third-order valence-corrected chi connectivity index (χ3v) is 3.58. The molecule has 6 nitrogen and oxygen atoms in total. The van der Waals surface area contributed by atoms with Crippen LogP contribution in [0.3, 0.4) is 0 Å². The molecule has 3 N–H and O–H groups in total. The largest absolute Gasteiger partial charge is 0.462 e. The molecule has 114 valence electrons. The first-order valence-corrected chi connectivity index (χ1v) is 7.19. The van der Waals surface area contributed by atoms with Crippen LogP contribution in [0.4, 0.5) is 11.4 Å². The highest BCUT2D eigenvalue weighted by Crippen LogP contribution is 2.25. The number of hydrogen-bond acceptors (Lipinski definition) is 5. The number of ether oxygens (including phenoxy) is 1. The molecule has 0 aliphatic carbocycles. The van der Waals surface area contributed by atoms with E-state index in [-0.39, 0.29) is 11.9 Å². The number of nitrogens with two attached hydrogens (primary N) is 1. The van der Waals surface area contributed by atoms with Gasteiger partial charge in [-0.25, -0.2) is 4.79 Å². The number of nitrogens with one attached hydrogen (secondary N) is 1. The molecule has 1 aliphatic rings. The van der Waals surface area contributed by atoms with Crippen LogP contribution in [0.2, 0.25) is 0 Å². The second-order valence-corrected chi connectivity index (χ2v) is 4.90. The van der Waals surface area contributed by atoms with Crippen molar-refractivity contribution in [3.05, 3.63) is 23.8 Å². The van der Waals surface area contributed by atoms with E-state index in [4.69, 9.17) is 10.5 Å². The predicted octanol–water partition coefficient (Wildman–Crippen LogP) is 1.16. The summed E-state index contributed by atoms with van der Waals surface area (Å²) >= 11 is 0. The van der Waals surface area contributed by atoms with E-state index in [1.165, 1.54) is 0 Å². The van der Waals surface area contributed by atoms with Crippen molar-refractivity contribution in [3.8, 4) is 0 Å². The molecule has 0 bridgehead atoms. The SMILES string of the molecule is CCOC(=O)c1cc(N2CCNC(=O)C2CC)ccc1N. The van der Waals surface area contributed by atoms with E-state index in [2.05, 4.69) is 5.32 Å². The number of amides is 1. The molecule has 1 amide bonds. The molecule has 0 radical (unpaired) electrons. The van der Waals surface area contributed by atoms with E-state index in [0.717, 1.165) is 5.69 Å². The number of carbonyl (C=O) groups excluding carboxylic acids is 2. The van der Waals surface area contributed by atoms with E-state index in [1.807, 2.05) is 17.9 Å². The maximum atomic E-state index is 11.9. The van der Waals surface area contributed by atoms with Gasteiger partial charge in [0.05, 0.1) is 12.2 Å². The first-order valence-electron chi connectivity index (χ1n) is 7.19. The number of nitrogens with zero attached hydrogens (tertiary/aromatic N) is 1. The van der Waals surface area contributed by atoms with Crippen molar-refractivity contribution in [1.29, 1.82) is 0 Å². The van der Waals surface area contributed by atoms with Gasteiger partial charge in [0.25, 0.3) is 0 Å². The molecule has 1 aliphatic heterocycles. The van der Waals surface area contributed by atoms with Gasteiger partial charge in [0, 0.05) is 24.5 Å². The molecule has 21 heavy (non-hydrogen) atoms. The van der Waals surface area contributed by atoms with Crippen molar-refractivity contribution < 1.29 is 14.3 Å². The van der Waals surface area contributed by atoms with E-state index >= 15 is 0 Å². The van der Waals surface area contributed by atoms with Crippen molar-refractivity contribution in [1.82, 2.24) is 5.32 Å². The second-order valence-electron chi connectivity index (χ2n) is 4.90. The number of carbonyl (C=O) groups is 2. The quantitative estimate of drug-likeness (QED) is 0.642. The lowest BCUT2D eigenvalue weighted by Gasteiger charge is -2.36. The van der Waals surface area contributed by atoms with Crippen LogP contribution in [0.15, 0.2) is 18.2 Å². The number of anilines is 2. The average molecular weight is 291 g/mol. The Labute approximate surface area is 124 Å². The first-order chi connectivity index (χ1) is 10.1. The fourth-order valence-electron chi connectivity index (χ4n) is 2.54. The average Bonchev–Trinajstić information content (AvgIpc) is 2.47. The Kier molecular flexibility index (Phi) is 4.67. The van der Waals surface area contributed by atoms with Gasteiger partial charge in [-0.05, 0) is 31.5 Å². The molecule has 0 aromatic heterocycles. The van der Waals surface area contributed by atoms with Gasteiger partial charge in [-0.3, -0.25) is 4.79 Å².